The Labute approximate surface area is 113 Å². The number of benzene rings is 1. The van der Waals surface area contributed by atoms with Crippen molar-refractivity contribution in [2.45, 2.75) is 25.3 Å². The lowest BCUT2D eigenvalue weighted by Gasteiger charge is -2.27. The molecule has 3 rings (SSSR count). The van der Waals surface area contributed by atoms with Crippen molar-refractivity contribution in [3.8, 4) is 5.75 Å². The van der Waals surface area contributed by atoms with E-state index in [1.165, 1.54) is 19.2 Å². The predicted octanol–water partition coefficient (Wildman–Crippen LogP) is 2.93. The molecule has 0 radical (unpaired) electrons. The fraction of sp³-hybridized carbons (Fsp3) is 0.385. The fourth-order valence-electron chi connectivity index (χ4n) is 2.36. The zero-order valence-electron chi connectivity index (χ0n) is 10.4. The number of rotatable bonds is 2. The van der Waals surface area contributed by atoms with Gasteiger partial charge >= 0.3 is 0 Å². The minimum Gasteiger partial charge on any atom is -0.494 e. The van der Waals surface area contributed by atoms with Gasteiger partial charge in [-0.15, -0.1) is 0 Å². The molecule has 4 nitrogen and oxygen atoms in total. The van der Waals surface area contributed by atoms with Gasteiger partial charge in [0, 0.05) is 12.1 Å². The van der Waals surface area contributed by atoms with Gasteiger partial charge < -0.3 is 9.72 Å². The number of nitrogens with zero attached hydrogens (tertiary/aromatic N) is 1. The second kappa shape index (κ2) is 4.45. The Morgan fingerprint density at radius 3 is 2.79 bits per heavy atom. The number of nitrogens with one attached hydrogen (secondary N) is 1. The van der Waals surface area contributed by atoms with Crippen molar-refractivity contribution in [1.29, 1.82) is 0 Å². The number of hydrogen-bond donors (Lipinski definition) is 1. The van der Waals surface area contributed by atoms with Gasteiger partial charge in [0.25, 0.3) is 5.56 Å². The molecular formula is C13H13FN2O2S. The Morgan fingerprint density at radius 1 is 1.47 bits per heavy atom. The Kier molecular flexibility index (Phi) is 2.89. The normalized spacial score (nSPS) is 15.5. The van der Waals surface area contributed by atoms with Gasteiger partial charge in [-0.25, -0.2) is 4.39 Å². The van der Waals surface area contributed by atoms with Gasteiger partial charge in [0.2, 0.25) is 0 Å². The van der Waals surface area contributed by atoms with Crippen molar-refractivity contribution in [2.75, 3.05) is 7.11 Å². The maximum atomic E-state index is 13.6. The summed E-state index contributed by atoms with van der Waals surface area (Å²) in [7, 11) is 1.37. The van der Waals surface area contributed by atoms with E-state index in [9.17, 15) is 9.18 Å². The first-order valence-corrected chi connectivity index (χ1v) is 6.54. The van der Waals surface area contributed by atoms with E-state index in [-0.39, 0.29) is 17.4 Å². The maximum absolute atomic E-state index is 13.6. The number of hydrogen-bond acceptors (Lipinski definition) is 3. The van der Waals surface area contributed by atoms with Crippen LogP contribution in [0.1, 0.15) is 25.3 Å². The summed E-state index contributed by atoms with van der Waals surface area (Å²) in [6.07, 6.45) is 3.03. The number of fused-ring (bicyclic) bond motifs is 1. The molecular weight excluding hydrogens is 267 g/mol. The van der Waals surface area contributed by atoms with Crippen LogP contribution in [0.3, 0.4) is 0 Å². The molecule has 1 aromatic carbocycles. The SMILES string of the molecule is COc1cc2c(=O)n(C3CCC3)c(=S)[nH]c2cc1F. The smallest absolute Gasteiger partial charge is 0.262 e. The molecule has 0 spiro atoms. The third kappa shape index (κ3) is 1.87. The zero-order valence-corrected chi connectivity index (χ0v) is 11.2. The van der Waals surface area contributed by atoms with Crippen molar-refractivity contribution < 1.29 is 9.13 Å². The minimum absolute atomic E-state index is 0.0651. The largest absolute Gasteiger partial charge is 0.494 e. The van der Waals surface area contributed by atoms with Crippen LogP contribution in [-0.2, 0) is 0 Å². The highest BCUT2D eigenvalue weighted by atomic mass is 32.1. The van der Waals surface area contributed by atoms with Crippen LogP contribution in [0, 0.1) is 10.6 Å². The molecule has 1 aliphatic carbocycles. The van der Waals surface area contributed by atoms with Gasteiger partial charge in [-0.2, -0.15) is 0 Å². The van der Waals surface area contributed by atoms with E-state index < -0.39 is 5.82 Å². The van der Waals surface area contributed by atoms with Gasteiger partial charge in [0.1, 0.15) is 0 Å². The van der Waals surface area contributed by atoms with E-state index in [0.717, 1.165) is 19.3 Å². The first-order chi connectivity index (χ1) is 9.11. The number of H-pyrrole nitrogens is 1. The summed E-state index contributed by atoms with van der Waals surface area (Å²) in [5.74, 6) is -0.447. The quantitative estimate of drug-likeness (QED) is 0.860. The number of aromatic nitrogens is 2. The molecule has 0 saturated heterocycles. The summed E-state index contributed by atoms with van der Waals surface area (Å²) in [6.45, 7) is 0. The molecule has 1 N–H and O–H groups in total. The van der Waals surface area contributed by atoms with Crippen LogP contribution in [0.5, 0.6) is 5.75 Å². The molecule has 100 valence electrons. The number of halogens is 1. The molecule has 0 atom stereocenters. The first kappa shape index (κ1) is 12.3. The second-order valence-electron chi connectivity index (χ2n) is 4.72. The van der Waals surface area contributed by atoms with Gasteiger partial charge in [-0.1, -0.05) is 0 Å². The van der Waals surface area contributed by atoms with Crippen LogP contribution in [0.4, 0.5) is 4.39 Å². The van der Waals surface area contributed by atoms with E-state index in [0.29, 0.717) is 15.7 Å². The van der Waals surface area contributed by atoms with Gasteiger partial charge in [0.15, 0.2) is 16.3 Å². The third-order valence-electron chi connectivity index (χ3n) is 3.64. The Morgan fingerprint density at radius 2 is 2.21 bits per heavy atom. The molecule has 1 aliphatic rings. The maximum Gasteiger partial charge on any atom is 0.262 e. The van der Waals surface area contributed by atoms with E-state index in [1.807, 2.05) is 0 Å². The molecule has 2 aromatic rings. The topological polar surface area (TPSA) is 47.0 Å². The molecule has 6 heteroatoms. The lowest BCUT2D eigenvalue weighted by molar-refractivity contribution is 0.302. The van der Waals surface area contributed by atoms with Crippen LogP contribution in [0.2, 0.25) is 0 Å². The lowest BCUT2D eigenvalue weighted by Crippen LogP contribution is -2.30. The zero-order chi connectivity index (χ0) is 13.6. The average Bonchev–Trinajstić information content (AvgIpc) is 2.31. The van der Waals surface area contributed by atoms with Gasteiger partial charge in [-0.05, 0) is 37.5 Å². The van der Waals surface area contributed by atoms with Crippen LogP contribution in [0.25, 0.3) is 10.9 Å². The monoisotopic (exact) mass is 280 g/mol. The number of ether oxygens (including phenoxy) is 1. The summed E-state index contributed by atoms with van der Waals surface area (Å²) in [4.78, 5) is 15.4. The Hall–Kier alpha value is -1.69. The molecule has 1 fully saturated rings. The van der Waals surface area contributed by atoms with Crippen molar-refractivity contribution in [1.82, 2.24) is 9.55 Å². The van der Waals surface area contributed by atoms with Crippen molar-refractivity contribution >= 4 is 23.1 Å². The highest BCUT2D eigenvalue weighted by molar-refractivity contribution is 7.71. The molecule has 1 aromatic heterocycles. The highest BCUT2D eigenvalue weighted by Crippen LogP contribution is 2.31. The van der Waals surface area contributed by atoms with Gasteiger partial charge in [0.05, 0.1) is 18.0 Å². The van der Waals surface area contributed by atoms with E-state index in [1.54, 1.807) is 4.57 Å². The van der Waals surface area contributed by atoms with Crippen molar-refractivity contribution in [3.63, 3.8) is 0 Å². The van der Waals surface area contributed by atoms with Crippen LogP contribution in [0.15, 0.2) is 16.9 Å². The average molecular weight is 280 g/mol. The van der Waals surface area contributed by atoms with Crippen LogP contribution >= 0.6 is 12.2 Å². The predicted molar refractivity (Wildman–Crippen MR) is 72.8 cm³/mol. The van der Waals surface area contributed by atoms with Gasteiger partial charge in [-0.3, -0.25) is 9.36 Å². The molecule has 0 unspecified atom stereocenters. The summed E-state index contributed by atoms with van der Waals surface area (Å²) in [5.41, 5.74) is 0.227. The Bertz CT molecular complexity index is 762. The molecule has 19 heavy (non-hydrogen) atoms. The van der Waals surface area contributed by atoms with Crippen LogP contribution in [-0.4, -0.2) is 16.7 Å². The molecule has 0 amide bonds. The Balaban J connectivity index is 2.33. The summed E-state index contributed by atoms with van der Waals surface area (Å²) >= 11 is 5.20. The summed E-state index contributed by atoms with van der Waals surface area (Å²) < 4.78 is 20.5. The van der Waals surface area contributed by atoms with E-state index in [4.69, 9.17) is 17.0 Å². The molecule has 1 saturated carbocycles. The number of aromatic amines is 1. The van der Waals surface area contributed by atoms with Crippen LogP contribution < -0.4 is 10.3 Å². The minimum atomic E-state index is -0.513. The van der Waals surface area contributed by atoms with Crippen molar-refractivity contribution in [2.24, 2.45) is 0 Å². The highest BCUT2D eigenvalue weighted by Gasteiger charge is 2.22. The number of methoxy groups -OCH3 is 1. The summed E-state index contributed by atoms with van der Waals surface area (Å²) in [6, 6.07) is 2.83. The van der Waals surface area contributed by atoms with Crippen molar-refractivity contribution in [3.05, 3.63) is 33.1 Å². The molecule has 1 heterocycles. The fourth-order valence-corrected chi connectivity index (χ4v) is 2.71. The van der Waals surface area contributed by atoms with E-state index >= 15 is 0 Å². The lowest BCUT2D eigenvalue weighted by atomic mass is 9.93. The standard InChI is InChI=1S/C13H13FN2O2S/c1-18-11-5-8-10(6-9(11)14)15-13(19)16(12(8)17)7-3-2-4-7/h5-7H,2-4H2,1H3,(H,15,19). The molecule has 0 aliphatic heterocycles. The molecule has 0 bridgehead atoms. The summed E-state index contributed by atoms with van der Waals surface area (Å²) in [5, 5.41) is 0.402. The van der Waals surface area contributed by atoms with E-state index in [2.05, 4.69) is 4.98 Å². The third-order valence-corrected chi connectivity index (χ3v) is 3.94. The first-order valence-electron chi connectivity index (χ1n) is 6.14. The second-order valence-corrected chi connectivity index (χ2v) is 5.11.